The minimum atomic E-state index is -0.431. The van der Waals surface area contributed by atoms with Crippen molar-refractivity contribution in [1.29, 1.82) is 0 Å². The Labute approximate surface area is 139 Å². The number of halogens is 4. The molecule has 0 aliphatic heterocycles. The van der Waals surface area contributed by atoms with Gasteiger partial charge in [-0.1, -0.05) is 40.2 Å². The number of rotatable bonds is 2. The summed E-state index contributed by atoms with van der Waals surface area (Å²) in [6, 6.07) is 10.8. The van der Waals surface area contributed by atoms with Gasteiger partial charge in [0.2, 0.25) is 0 Å². The van der Waals surface area contributed by atoms with Crippen LogP contribution >= 0.6 is 31.9 Å². The van der Waals surface area contributed by atoms with Crippen LogP contribution in [0.3, 0.4) is 0 Å². The van der Waals surface area contributed by atoms with E-state index >= 15 is 0 Å². The predicted octanol–water partition coefficient (Wildman–Crippen LogP) is 6.28. The van der Waals surface area contributed by atoms with E-state index in [9.17, 15) is 8.78 Å². The van der Waals surface area contributed by atoms with Gasteiger partial charge < -0.3 is 0 Å². The van der Waals surface area contributed by atoms with E-state index < -0.39 is 5.82 Å². The lowest BCUT2D eigenvalue weighted by atomic mass is 9.79. The average Bonchev–Trinajstić information content (AvgIpc) is 2.49. The first-order chi connectivity index (χ1) is 10.1. The maximum absolute atomic E-state index is 14.2. The van der Waals surface area contributed by atoms with E-state index in [1.165, 1.54) is 23.3 Å². The lowest BCUT2D eigenvalue weighted by molar-refractivity contribution is 0.521. The van der Waals surface area contributed by atoms with Crippen LogP contribution in [-0.4, -0.2) is 0 Å². The van der Waals surface area contributed by atoms with Crippen LogP contribution in [0.2, 0.25) is 0 Å². The van der Waals surface area contributed by atoms with Gasteiger partial charge in [-0.25, -0.2) is 8.78 Å². The molecule has 0 amide bonds. The van der Waals surface area contributed by atoms with Crippen LogP contribution < -0.4 is 0 Å². The molecule has 21 heavy (non-hydrogen) atoms. The molecule has 0 spiro atoms. The fourth-order valence-corrected chi connectivity index (χ4v) is 4.28. The van der Waals surface area contributed by atoms with Crippen molar-refractivity contribution < 1.29 is 8.78 Å². The smallest absolute Gasteiger partial charge is 0.137 e. The van der Waals surface area contributed by atoms with Gasteiger partial charge in [-0.15, -0.1) is 0 Å². The summed E-state index contributed by atoms with van der Waals surface area (Å²) < 4.78 is 28.1. The second-order valence-electron chi connectivity index (χ2n) is 5.39. The highest BCUT2D eigenvalue weighted by Crippen LogP contribution is 2.46. The molecule has 0 aromatic heterocycles. The highest BCUT2D eigenvalue weighted by atomic mass is 79.9. The molecule has 2 atom stereocenters. The quantitative estimate of drug-likeness (QED) is 0.399. The van der Waals surface area contributed by atoms with Crippen LogP contribution in [-0.2, 0) is 6.42 Å². The Morgan fingerprint density at radius 1 is 1.10 bits per heavy atom. The Morgan fingerprint density at radius 3 is 2.67 bits per heavy atom. The van der Waals surface area contributed by atoms with Crippen molar-refractivity contribution in [2.24, 2.45) is 0 Å². The summed E-state index contributed by atoms with van der Waals surface area (Å²) in [5.41, 5.74) is 2.95. The third-order valence-corrected chi connectivity index (χ3v) is 5.84. The third kappa shape index (κ3) is 2.93. The Kier molecular flexibility index (Phi) is 4.46. The van der Waals surface area contributed by atoms with Crippen molar-refractivity contribution >= 4 is 31.9 Å². The largest absolute Gasteiger partial charge is 0.207 e. The second kappa shape index (κ2) is 6.17. The van der Waals surface area contributed by atoms with E-state index in [0.29, 0.717) is 5.56 Å². The zero-order valence-electron chi connectivity index (χ0n) is 11.3. The van der Waals surface area contributed by atoms with Crippen LogP contribution in [0.4, 0.5) is 8.78 Å². The molecular weight excluding hydrogens is 402 g/mol. The number of alkyl halides is 1. The van der Waals surface area contributed by atoms with Crippen molar-refractivity contribution in [2.45, 2.75) is 30.0 Å². The van der Waals surface area contributed by atoms with Gasteiger partial charge in [0.15, 0.2) is 0 Å². The van der Waals surface area contributed by atoms with Crippen molar-refractivity contribution in [3.63, 3.8) is 0 Å². The minimum absolute atomic E-state index is 0.160. The van der Waals surface area contributed by atoms with Crippen LogP contribution in [0.1, 0.15) is 40.3 Å². The topological polar surface area (TPSA) is 0 Å². The molecule has 0 radical (unpaired) electrons. The molecule has 0 saturated heterocycles. The zero-order chi connectivity index (χ0) is 15.0. The molecule has 0 saturated carbocycles. The van der Waals surface area contributed by atoms with Gasteiger partial charge in [-0.05, 0) is 58.5 Å². The fourth-order valence-electron chi connectivity index (χ4n) is 3.06. The number of benzene rings is 2. The highest BCUT2D eigenvalue weighted by Gasteiger charge is 2.29. The van der Waals surface area contributed by atoms with Crippen molar-refractivity contribution in [1.82, 2.24) is 0 Å². The lowest BCUT2D eigenvalue weighted by Crippen LogP contribution is -2.15. The van der Waals surface area contributed by atoms with E-state index in [2.05, 4.69) is 44.0 Å². The number of hydrogen-bond acceptors (Lipinski definition) is 0. The van der Waals surface area contributed by atoms with E-state index in [1.807, 2.05) is 12.1 Å². The first-order valence-electron chi connectivity index (χ1n) is 6.94. The number of fused-ring (bicyclic) bond motifs is 1. The highest BCUT2D eigenvalue weighted by molar-refractivity contribution is 9.10. The summed E-state index contributed by atoms with van der Waals surface area (Å²) in [6.45, 7) is 0. The summed E-state index contributed by atoms with van der Waals surface area (Å²) >= 11 is 6.63. The van der Waals surface area contributed by atoms with E-state index in [-0.39, 0.29) is 21.0 Å². The lowest BCUT2D eigenvalue weighted by Gasteiger charge is -2.29. The molecule has 0 heterocycles. The predicted molar refractivity (Wildman–Crippen MR) is 87.8 cm³/mol. The summed E-state index contributed by atoms with van der Waals surface area (Å²) in [7, 11) is 0. The average molecular weight is 416 g/mol. The first-order valence-corrected chi connectivity index (χ1v) is 8.65. The summed E-state index contributed by atoms with van der Waals surface area (Å²) in [6.07, 6.45) is 3.11. The molecule has 0 nitrogen and oxygen atoms in total. The number of aryl methyl sites for hydroxylation is 1. The molecule has 2 aromatic carbocycles. The molecule has 1 aliphatic carbocycles. The van der Waals surface area contributed by atoms with Gasteiger partial charge in [0, 0.05) is 16.3 Å². The normalized spacial score (nSPS) is 19.1. The van der Waals surface area contributed by atoms with Gasteiger partial charge in [0.25, 0.3) is 0 Å². The Morgan fingerprint density at radius 2 is 1.86 bits per heavy atom. The van der Waals surface area contributed by atoms with Gasteiger partial charge >= 0.3 is 0 Å². The molecule has 4 heteroatoms. The second-order valence-corrected chi connectivity index (χ2v) is 7.23. The summed E-state index contributed by atoms with van der Waals surface area (Å²) in [5.74, 6) is -0.641. The van der Waals surface area contributed by atoms with Crippen LogP contribution in [0.15, 0.2) is 40.9 Å². The Balaban J connectivity index is 2.00. The van der Waals surface area contributed by atoms with E-state index in [1.54, 1.807) is 0 Å². The monoisotopic (exact) mass is 414 g/mol. The molecule has 2 unspecified atom stereocenters. The summed E-state index contributed by atoms with van der Waals surface area (Å²) in [4.78, 5) is -0.221. The zero-order valence-corrected chi connectivity index (χ0v) is 14.4. The maximum atomic E-state index is 14.2. The molecule has 0 bridgehead atoms. The summed E-state index contributed by atoms with van der Waals surface area (Å²) in [5, 5.41) is 0. The Hall–Kier alpha value is -0.740. The standard InChI is InChI=1S/C17H14Br2F2/c18-14-9-15(20)13(8-16(14)21)17(19)12-7-3-5-10-4-1-2-6-11(10)12/h1-2,4,6,8-9,12,17H,3,5,7H2. The number of hydrogen-bond donors (Lipinski definition) is 0. The molecule has 110 valence electrons. The molecular formula is C17H14Br2F2. The first kappa shape index (κ1) is 15.2. The van der Waals surface area contributed by atoms with Crippen molar-refractivity contribution in [2.75, 3.05) is 0 Å². The van der Waals surface area contributed by atoms with Gasteiger partial charge in [0.05, 0.1) is 4.47 Å². The van der Waals surface area contributed by atoms with Crippen molar-refractivity contribution in [3.8, 4) is 0 Å². The van der Waals surface area contributed by atoms with Crippen LogP contribution in [0.5, 0.6) is 0 Å². The van der Waals surface area contributed by atoms with E-state index in [0.717, 1.165) is 19.3 Å². The molecule has 2 aromatic rings. The molecule has 0 fully saturated rings. The molecule has 3 rings (SSSR count). The molecule has 0 N–H and O–H groups in total. The van der Waals surface area contributed by atoms with Gasteiger partial charge in [-0.3, -0.25) is 0 Å². The van der Waals surface area contributed by atoms with Gasteiger partial charge in [0.1, 0.15) is 11.6 Å². The van der Waals surface area contributed by atoms with Gasteiger partial charge in [-0.2, -0.15) is 0 Å². The Bertz CT molecular complexity index is 670. The van der Waals surface area contributed by atoms with E-state index in [4.69, 9.17) is 0 Å². The minimum Gasteiger partial charge on any atom is -0.207 e. The fraction of sp³-hybridized carbons (Fsp3) is 0.294. The third-order valence-electron chi connectivity index (χ3n) is 4.11. The molecule has 1 aliphatic rings. The SMILES string of the molecule is Fc1cc(C(Br)C2CCCc3ccccc32)c(F)cc1Br. The van der Waals surface area contributed by atoms with Crippen molar-refractivity contribution in [3.05, 3.63) is 69.2 Å². The van der Waals surface area contributed by atoms with Crippen LogP contribution in [0.25, 0.3) is 0 Å². The van der Waals surface area contributed by atoms with Crippen LogP contribution in [0, 0.1) is 11.6 Å². The maximum Gasteiger partial charge on any atom is 0.137 e.